The summed E-state index contributed by atoms with van der Waals surface area (Å²) in [5, 5.41) is 0. The first-order valence-corrected chi connectivity index (χ1v) is 4.05. The van der Waals surface area contributed by atoms with E-state index >= 15 is 0 Å². The van der Waals surface area contributed by atoms with E-state index in [0.717, 1.165) is 24.4 Å². The van der Waals surface area contributed by atoms with E-state index in [1.807, 2.05) is 13.0 Å². The lowest BCUT2D eigenvalue weighted by atomic mass is 10.1. The number of terminal acetylenes is 1. The van der Waals surface area contributed by atoms with Crippen LogP contribution in [-0.4, -0.2) is 9.97 Å². The highest BCUT2D eigenvalue weighted by Gasteiger charge is 2.45. The third-order valence-corrected chi connectivity index (χ3v) is 2.25. The summed E-state index contributed by atoms with van der Waals surface area (Å²) in [6, 6.07) is 1.89. The zero-order valence-electron chi connectivity index (χ0n) is 7.04. The van der Waals surface area contributed by atoms with Gasteiger partial charge in [-0.1, -0.05) is 5.92 Å². The molecule has 0 aliphatic heterocycles. The Bertz CT molecular complexity index is 345. The fourth-order valence-electron chi connectivity index (χ4n) is 1.24. The molecule has 1 aromatic heterocycles. The summed E-state index contributed by atoms with van der Waals surface area (Å²) in [5.74, 6) is 3.60. The van der Waals surface area contributed by atoms with Crippen molar-refractivity contribution in [2.24, 2.45) is 0 Å². The molecule has 0 radical (unpaired) electrons. The van der Waals surface area contributed by atoms with Gasteiger partial charge in [-0.2, -0.15) is 0 Å². The Labute approximate surface area is 72.1 Å². The fourth-order valence-corrected chi connectivity index (χ4v) is 1.24. The highest BCUT2D eigenvalue weighted by molar-refractivity contribution is 5.32. The smallest absolute Gasteiger partial charge is 0.146 e. The van der Waals surface area contributed by atoms with Gasteiger partial charge >= 0.3 is 0 Å². The van der Waals surface area contributed by atoms with Crippen molar-refractivity contribution in [1.82, 2.24) is 9.97 Å². The van der Waals surface area contributed by atoms with Crippen LogP contribution >= 0.6 is 0 Å². The molecule has 0 aromatic carbocycles. The van der Waals surface area contributed by atoms with Crippen LogP contribution in [-0.2, 0) is 5.41 Å². The molecule has 12 heavy (non-hydrogen) atoms. The van der Waals surface area contributed by atoms with Crippen LogP contribution in [0.4, 0.5) is 0 Å². The van der Waals surface area contributed by atoms with E-state index in [0.29, 0.717) is 0 Å². The Morgan fingerprint density at radius 3 is 2.83 bits per heavy atom. The molecular weight excluding hydrogens is 148 g/mol. The van der Waals surface area contributed by atoms with Crippen molar-refractivity contribution in [2.45, 2.75) is 25.2 Å². The van der Waals surface area contributed by atoms with Crippen molar-refractivity contribution < 1.29 is 0 Å². The van der Waals surface area contributed by atoms with Gasteiger partial charge in [0.1, 0.15) is 5.82 Å². The van der Waals surface area contributed by atoms with Gasteiger partial charge in [-0.15, -0.1) is 6.42 Å². The summed E-state index contributed by atoms with van der Waals surface area (Å²) in [6.07, 6.45) is 9.26. The quantitative estimate of drug-likeness (QED) is 0.578. The Hall–Kier alpha value is -1.36. The monoisotopic (exact) mass is 158 g/mol. The van der Waals surface area contributed by atoms with E-state index in [1.165, 1.54) is 0 Å². The van der Waals surface area contributed by atoms with Gasteiger partial charge in [-0.3, -0.25) is 0 Å². The Morgan fingerprint density at radius 2 is 2.33 bits per heavy atom. The molecule has 2 nitrogen and oxygen atoms in total. The largest absolute Gasteiger partial charge is 0.240 e. The first kappa shape index (κ1) is 7.30. The molecule has 1 heterocycles. The van der Waals surface area contributed by atoms with Gasteiger partial charge in [0.2, 0.25) is 0 Å². The summed E-state index contributed by atoms with van der Waals surface area (Å²) in [6.45, 7) is 1.96. The van der Waals surface area contributed by atoms with Crippen molar-refractivity contribution in [3.63, 3.8) is 0 Å². The first-order chi connectivity index (χ1) is 5.77. The van der Waals surface area contributed by atoms with Crippen LogP contribution in [0.25, 0.3) is 0 Å². The lowest BCUT2D eigenvalue weighted by Gasteiger charge is -2.04. The molecule has 1 fully saturated rings. The summed E-state index contributed by atoms with van der Waals surface area (Å²) >= 11 is 0. The van der Waals surface area contributed by atoms with Crippen LogP contribution in [0.5, 0.6) is 0 Å². The van der Waals surface area contributed by atoms with Gasteiger partial charge < -0.3 is 0 Å². The third kappa shape index (κ3) is 0.984. The number of rotatable bonds is 1. The summed E-state index contributed by atoms with van der Waals surface area (Å²) in [5.41, 5.74) is 0.868. The van der Waals surface area contributed by atoms with Crippen molar-refractivity contribution in [2.75, 3.05) is 0 Å². The molecule has 0 N–H and O–H groups in total. The lowest BCUT2D eigenvalue weighted by molar-refractivity contribution is 0.798. The second-order valence-electron chi connectivity index (χ2n) is 3.25. The minimum atomic E-state index is -0.119. The Kier molecular flexibility index (Phi) is 1.41. The molecule has 1 saturated carbocycles. The number of aryl methyl sites for hydroxylation is 1. The van der Waals surface area contributed by atoms with Gasteiger partial charge in [0.15, 0.2) is 0 Å². The van der Waals surface area contributed by atoms with E-state index in [9.17, 15) is 0 Å². The van der Waals surface area contributed by atoms with Crippen molar-refractivity contribution >= 4 is 0 Å². The van der Waals surface area contributed by atoms with Crippen molar-refractivity contribution in [3.8, 4) is 12.3 Å². The van der Waals surface area contributed by atoms with Crippen LogP contribution in [0.15, 0.2) is 12.3 Å². The summed E-state index contributed by atoms with van der Waals surface area (Å²) < 4.78 is 0. The maximum atomic E-state index is 5.42. The zero-order chi connectivity index (χ0) is 8.60. The molecule has 1 aromatic rings. The number of nitrogens with zero attached hydrogens (tertiary/aromatic N) is 2. The average molecular weight is 158 g/mol. The molecule has 0 unspecified atom stereocenters. The second kappa shape index (κ2) is 2.31. The highest BCUT2D eigenvalue weighted by atomic mass is 14.9. The SMILES string of the molecule is C#CC1(c2nccc(C)n2)CC1. The zero-order valence-corrected chi connectivity index (χ0v) is 7.04. The third-order valence-electron chi connectivity index (χ3n) is 2.25. The number of hydrogen-bond donors (Lipinski definition) is 0. The molecule has 2 heteroatoms. The van der Waals surface area contributed by atoms with E-state index < -0.39 is 0 Å². The lowest BCUT2D eigenvalue weighted by Crippen LogP contribution is -2.08. The predicted octanol–water partition coefficient (Wildman–Crippen LogP) is 1.45. The van der Waals surface area contributed by atoms with Crippen molar-refractivity contribution in [1.29, 1.82) is 0 Å². The Morgan fingerprint density at radius 1 is 1.58 bits per heavy atom. The topological polar surface area (TPSA) is 25.8 Å². The molecule has 0 bridgehead atoms. The minimum Gasteiger partial charge on any atom is -0.240 e. The van der Waals surface area contributed by atoms with Crippen LogP contribution in [0.3, 0.4) is 0 Å². The van der Waals surface area contributed by atoms with Gasteiger partial charge in [0.25, 0.3) is 0 Å². The molecule has 0 amide bonds. The molecule has 1 aliphatic carbocycles. The van der Waals surface area contributed by atoms with Gasteiger partial charge in [-0.05, 0) is 25.8 Å². The molecule has 1 aliphatic rings. The molecule has 0 saturated heterocycles. The molecule has 0 spiro atoms. The molecule has 2 rings (SSSR count). The van der Waals surface area contributed by atoms with E-state index in [2.05, 4.69) is 15.9 Å². The maximum Gasteiger partial charge on any atom is 0.146 e. The molecule has 60 valence electrons. The van der Waals surface area contributed by atoms with E-state index in [1.54, 1.807) is 6.20 Å². The van der Waals surface area contributed by atoms with E-state index in [-0.39, 0.29) is 5.41 Å². The number of aromatic nitrogens is 2. The first-order valence-electron chi connectivity index (χ1n) is 4.05. The molecule has 0 atom stereocenters. The van der Waals surface area contributed by atoms with Gasteiger partial charge in [-0.25, -0.2) is 9.97 Å². The van der Waals surface area contributed by atoms with Crippen LogP contribution < -0.4 is 0 Å². The van der Waals surface area contributed by atoms with E-state index in [4.69, 9.17) is 6.42 Å². The fraction of sp³-hybridized carbons (Fsp3) is 0.400. The summed E-state index contributed by atoms with van der Waals surface area (Å²) in [7, 11) is 0. The van der Waals surface area contributed by atoms with Crippen LogP contribution in [0.1, 0.15) is 24.4 Å². The maximum absolute atomic E-state index is 5.42. The van der Waals surface area contributed by atoms with Gasteiger partial charge in [0, 0.05) is 11.9 Å². The van der Waals surface area contributed by atoms with Crippen molar-refractivity contribution in [3.05, 3.63) is 23.8 Å². The Balaban J connectivity index is 2.42. The van der Waals surface area contributed by atoms with Gasteiger partial charge in [0.05, 0.1) is 5.41 Å². The number of hydrogen-bond acceptors (Lipinski definition) is 2. The van der Waals surface area contributed by atoms with Crippen LogP contribution in [0.2, 0.25) is 0 Å². The predicted molar refractivity (Wildman–Crippen MR) is 46.5 cm³/mol. The summed E-state index contributed by atoms with van der Waals surface area (Å²) in [4.78, 5) is 8.52. The average Bonchev–Trinajstić information content (AvgIpc) is 2.84. The molecular formula is C10H10N2. The normalized spacial score (nSPS) is 18.3. The van der Waals surface area contributed by atoms with Crippen LogP contribution in [0, 0.1) is 19.3 Å². The second-order valence-corrected chi connectivity index (χ2v) is 3.25. The highest BCUT2D eigenvalue weighted by Crippen LogP contribution is 2.45. The standard InChI is InChI=1S/C10H10N2/c1-3-10(5-6-10)9-11-7-4-8(2)12-9/h1,4,7H,5-6H2,2H3. The minimum absolute atomic E-state index is 0.119.